The van der Waals surface area contributed by atoms with Gasteiger partial charge >= 0.3 is 6.18 Å². The van der Waals surface area contributed by atoms with Gasteiger partial charge in [0.15, 0.2) is 0 Å². The quantitative estimate of drug-likeness (QED) is 0.613. The summed E-state index contributed by atoms with van der Waals surface area (Å²) in [6, 6.07) is 3.73. The van der Waals surface area contributed by atoms with Crippen LogP contribution in [0, 0.1) is 5.92 Å². The van der Waals surface area contributed by atoms with Crippen molar-refractivity contribution in [2.75, 3.05) is 0 Å². The lowest BCUT2D eigenvalue weighted by atomic mass is 10.0. The van der Waals surface area contributed by atoms with Crippen molar-refractivity contribution in [3.8, 4) is 0 Å². The fourth-order valence-corrected chi connectivity index (χ4v) is 1.94. The molecule has 0 saturated heterocycles. The molecule has 1 aromatic carbocycles. The van der Waals surface area contributed by atoms with Crippen LogP contribution in [-0.4, -0.2) is 0 Å². The number of fused-ring (bicyclic) bond motifs is 1. The Labute approximate surface area is 92.1 Å². The Balaban J connectivity index is 2.58. The van der Waals surface area contributed by atoms with E-state index in [4.69, 9.17) is 0 Å². The van der Waals surface area contributed by atoms with Crippen LogP contribution >= 0.6 is 0 Å². The molecule has 2 rings (SSSR count). The molecule has 0 spiro atoms. The van der Waals surface area contributed by atoms with E-state index in [0.29, 0.717) is 11.1 Å². The number of rotatable bonds is 0. The van der Waals surface area contributed by atoms with E-state index in [1.54, 1.807) is 0 Å². The van der Waals surface area contributed by atoms with Gasteiger partial charge in [0.25, 0.3) is 0 Å². The molecule has 0 amide bonds. The minimum Gasteiger partial charge on any atom is -0.166 e. The summed E-state index contributed by atoms with van der Waals surface area (Å²) in [6.07, 6.45) is -4.30. The van der Waals surface area contributed by atoms with Crippen molar-refractivity contribution >= 4 is 11.1 Å². The second kappa shape index (κ2) is 3.24. The molecule has 1 aliphatic rings. The molecule has 0 aromatic heterocycles. The molecule has 0 aliphatic heterocycles. The predicted molar refractivity (Wildman–Crippen MR) is 58.7 cm³/mol. The zero-order valence-corrected chi connectivity index (χ0v) is 8.86. The monoisotopic (exact) mass is 224 g/mol. The first-order chi connectivity index (χ1) is 7.32. The molecule has 0 bridgehead atoms. The second-order valence-electron chi connectivity index (χ2n) is 4.03. The second-order valence-corrected chi connectivity index (χ2v) is 4.03. The van der Waals surface area contributed by atoms with E-state index in [0.717, 1.165) is 23.3 Å². The Morgan fingerprint density at radius 3 is 2.19 bits per heavy atom. The number of hydrogen-bond donors (Lipinski definition) is 0. The Kier molecular flexibility index (Phi) is 2.22. The Morgan fingerprint density at radius 2 is 1.62 bits per heavy atom. The Morgan fingerprint density at radius 1 is 1.06 bits per heavy atom. The van der Waals surface area contributed by atoms with Crippen LogP contribution in [0.2, 0.25) is 0 Å². The lowest BCUT2D eigenvalue weighted by Gasteiger charge is -2.08. The van der Waals surface area contributed by atoms with Gasteiger partial charge in [-0.2, -0.15) is 13.2 Å². The van der Waals surface area contributed by atoms with Gasteiger partial charge in [0.1, 0.15) is 0 Å². The average molecular weight is 224 g/mol. The lowest BCUT2D eigenvalue weighted by molar-refractivity contribution is -0.137. The average Bonchev–Trinajstić information content (AvgIpc) is 2.43. The van der Waals surface area contributed by atoms with E-state index in [-0.39, 0.29) is 5.92 Å². The summed E-state index contributed by atoms with van der Waals surface area (Å²) in [6.45, 7) is 9.60. The predicted octanol–water partition coefficient (Wildman–Crippen LogP) is 4.38. The summed E-state index contributed by atoms with van der Waals surface area (Å²) >= 11 is 0. The molecule has 1 atom stereocenters. The topological polar surface area (TPSA) is 0 Å². The van der Waals surface area contributed by atoms with Crippen LogP contribution in [0.5, 0.6) is 0 Å². The molecule has 1 aliphatic carbocycles. The summed E-state index contributed by atoms with van der Waals surface area (Å²) in [5.41, 5.74) is 2.28. The highest BCUT2D eigenvalue weighted by Crippen LogP contribution is 2.45. The summed E-state index contributed by atoms with van der Waals surface area (Å²) in [4.78, 5) is 0. The third kappa shape index (κ3) is 1.47. The molecule has 84 valence electrons. The molecular formula is C13H11F3. The fraction of sp³-hybridized carbons (Fsp3) is 0.231. The van der Waals surface area contributed by atoms with Gasteiger partial charge in [-0.25, -0.2) is 0 Å². The van der Waals surface area contributed by atoms with E-state index in [1.807, 2.05) is 6.92 Å². The molecule has 0 nitrogen and oxygen atoms in total. The van der Waals surface area contributed by atoms with Gasteiger partial charge < -0.3 is 0 Å². The van der Waals surface area contributed by atoms with Gasteiger partial charge in [0.2, 0.25) is 0 Å². The van der Waals surface area contributed by atoms with Crippen LogP contribution in [0.4, 0.5) is 13.2 Å². The number of allylic oxidation sites excluding steroid dienone is 2. The van der Waals surface area contributed by atoms with Gasteiger partial charge in [0.05, 0.1) is 5.56 Å². The van der Waals surface area contributed by atoms with Crippen molar-refractivity contribution in [1.29, 1.82) is 0 Å². The number of halogens is 3. The Hall–Kier alpha value is -1.51. The van der Waals surface area contributed by atoms with Crippen molar-refractivity contribution in [1.82, 2.24) is 0 Å². The summed E-state index contributed by atoms with van der Waals surface area (Å²) in [5.74, 6) is 0.0264. The maximum absolute atomic E-state index is 12.5. The van der Waals surface area contributed by atoms with Gasteiger partial charge in [-0.3, -0.25) is 0 Å². The highest BCUT2D eigenvalue weighted by atomic mass is 19.4. The number of benzene rings is 1. The first-order valence-corrected chi connectivity index (χ1v) is 4.92. The molecule has 0 saturated carbocycles. The van der Waals surface area contributed by atoms with Gasteiger partial charge in [-0.1, -0.05) is 26.1 Å². The maximum Gasteiger partial charge on any atom is 0.416 e. The SMILES string of the molecule is C=C1c2ccc(C(F)(F)F)cc2C(=C)C1C. The standard InChI is InChI=1S/C13H11F3/c1-7-8(2)11-5-4-10(13(14,15)16)6-12(11)9(7)3/h4-7H,2-3H2,1H3. The van der Waals surface area contributed by atoms with Crippen LogP contribution in [0.1, 0.15) is 23.6 Å². The smallest absolute Gasteiger partial charge is 0.166 e. The fourth-order valence-electron chi connectivity index (χ4n) is 1.94. The summed E-state index contributed by atoms with van der Waals surface area (Å²) in [5, 5.41) is 0. The van der Waals surface area contributed by atoms with Crippen LogP contribution in [0.15, 0.2) is 31.4 Å². The van der Waals surface area contributed by atoms with Crippen LogP contribution in [-0.2, 0) is 6.18 Å². The van der Waals surface area contributed by atoms with Crippen molar-refractivity contribution in [2.45, 2.75) is 13.1 Å². The minimum absolute atomic E-state index is 0.0264. The Bertz CT molecular complexity index is 480. The lowest BCUT2D eigenvalue weighted by Crippen LogP contribution is -2.05. The highest BCUT2D eigenvalue weighted by Gasteiger charge is 2.33. The largest absolute Gasteiger partial charge is 0.416 e. The van der Waals surface area contributed by atoms with E-state index < -0.39 is 11.7 Å². The van der Waals surface area contributed by atoms with Crippen molar-refractivity contribution < 1.29 is 13.2 Å². The zero-order valence-electron chi connectivity index (χ0n) is 8.86. The number of alkyl halides is 3. The third-order valence-corrected chi connectivity index (χ3v) is 3.08. The van der Waals surface area contributed by atoms with Crippen molar-refractivity contribution in [2.24, 2.45) is 5.92 Å². The molecule has 0 radical (unpaired) electrons. The van der Waals surface area contributed by atoms with Gasteiger partial charge in [-0.05, 0) is 34.4 Å². The molecule has 0 heterocycles. The molecule has 16 heavy (non-hydrogen) atoms. The van der Waals surface area contributed by atoms with Crippen LogP contribution < -0.4 is 0 Å². The zero-order chi connectivity index (χ0) is 12.1. The molecule has 1 unspecified atom stereocenters. The summed E-state index contributed by atoms with van der Waals surface area (Å²) in [7, 11) is 0. The van der Waals surface area contributed by atoms with Crippen molar-refractivity contribution in [3.05, 3.63) is 48.0 Å². The highest BCUT2D eigenvalue weighted by molar-refractivity contribution is 5.93. The van der Waals surface area contributed by atoms with Gasteiger partial charge in [0, 0.05) is 5.92 Å². The summed E-state index contributed by atoms with van der Waals surface area (Å²) < 4.78 is 37.6. The van der Waals surface area contributed by atoms with Crippen LogP contribution in [0.3, 0.4) is 0 Å². The first-order valence-electron chi connectivity index (χ1n) is 4.92. The molecule has 0 N–H and O–H groups in total. The number of hydrogen-bond acceptors (Lipinski definition) is 0. The maximum atomic E-state index is 12.5. The van der Waals surface area contributed by atoms with E-state index in [2.05, 4.69) is 13.2 Å². The molecule has 1 aromatic rings. The van der Waals surface area contributed by atoms with Crippen molar-refractivity contribution in [3.63, 3.8) is 0 Å². The normalized spacial score (nSPS) is 20.1. The van der Waals surface area contributed by atoms with E-state index >= 15 is 0 Å². The molecular weight excluding hydrogens is 213 g/mol. The third-order valence-electron chi connectivity index (χ3n) is 3.08. The first kappa shape index (κ1) is 11.0. The molecule has 3 heteroatoms. The minimum atomic E-state index is -4.30. The van der Waals surface area contributed by atoms with Gasteiger partial charge in [-0.15, -0.1) is 0 Å². The molecule has 0 fully saturated rings. The van der Waals surface area contributed by atoms with Crippen LogP contribution in [0.25, 0.3) is 11.1 Å². The van der Waals surface area contributed by atoms with E-state index in [9.17, 15) is 13.2 Å². The van der Waals surface area contributed by atoms with E-state index in [1.165, 1.54) is 6.07 Å².